The van der Waals surface area contributed by atoms with Crippen LogP contribution in [0.25, 0.3) is 0 Å². The topological polar surface area (TPSA) is 12.5 Å². The highest BCUT2D eigenvalue weighted by Gasteiger charge is 2.42. The maximum atomic E-state index is 5.32. The van der Waals surface area contributed by atoms with E-state index in [9.17, 15) is 0 Å². The quantitative estimate of drug-likeness (QED) is 0.695. The summed E-state index contributed by atoms with van der Waals surface area (Å²) in [5, 5.41) is 0. The number of nitrogens with zero attached hydrogens (tertiary/aromatic N) is 1. The average molecular weight is 321 g/mol. The molecule has 0 saturated heterocycles. The second-order valence-corrected chi connectivity index (χ2v) is 8.20. The predicted octanol–water partition coefficient (Wildman–Crippen LogP) is 5.78. The van der Waals surface area contributed by atoms with Gasteiger partial charge in [0.1, 0.15) is 5.75 Å². The van der Waals surface area contributed by atoms with Crippen LogP contribution in [0, 0.1) is 0 Å². The van der Waals surface area contributed by atoms with E-state index in [1.807, 2.05) is 0 Å². The number of ether oxygens (including phenoxy) is 1. The summed E-state index contributed by atoms with van der Waals surface area (Å²) in [5.41, 5.74) is 5.90. The van der Waals surface area contributed by atoms with Crippen molar-refractivity contribution in [3.05, 3.63) is 53.6 Å². The first-order valence-corrected chi connectivity index (χ1v) is 9.07. The van der Waals surface area contributed by atoms with Gasteiger partial charge in [0.25, 0.3) is 0 Å². The molecule has 1 saturated carbocycles. The normalized spacial score (nSPS) is 22.4. The Morgan fingerprint density at radius 2 is 1.75 bits per heavy atom. The van der Waals surface area contributed by atoms with Crippen molar-refractivity contribution in [1.82, 2.24) is 0 Å². The van der Waals surface area contributed by atoms with Gasteiger partial charge in [-0.3, -0.25) is 0 Å². The SMILES string of the molecule is COc1ccc(N2c3ccc(C(C)(C)C)cc3C3CCCC32)cc1. The molecule has 2 aromatic rings. The van der Waals surface area contributed by atoms with E-state index in [4.69, 9.17) is 4.74 Å². The van der Waals surface area contributed by atoms with E-state index < -0.39 is 0 Å². The van der Waals surface area contributed by atoms with E-state index in [0.717, 1.165) is 5.75 Å². The Morgan fingerprint density at radius 3 is 2.42 bits per heavy atom. The van der Waals surface area contributed by atoms with Crippen molar-refractivity contribution >= 4 is 11.4 Å². The standard InChI is InChI=1S/C22H27NO/c1-22(2,3)15-8-13-21-19(14-15)18-6-5-7-20(18)23(21)16-9-11-17(24-4)12-10-16/h8-14,18,20H,5-7H2,1-4H3. The average Bonchev–Trinajstić information content (AvgIpc) is 3.14. The molecule has 0 spiro atoms. The lowest BCUT2D eigenvalue weighted by Gasteiger charge is -2.27. The molecule has 1 aliphatic carbocycles. The summed E-state index contributed by atoms with van der Waals surface area (Å²) >= 11 is 0. The van der Waals surface area contributed by atoms with Crippen molar-refractivity contribution in [3.63, 3.8) is 0 Å². The van der Waals surface area contributed by atoms with Gasteiger partial charge in [-0.15, -0.1) is 0 Å². The maximum absolute atomic E-state index is 5.32. The third-order valence-corrected chi connectivity index (χ3v) is 5.71. The van der Waals surface area contributed by atoms with Crippen LogP contribution in [-0.2, 0) is 5.41 Å². The third-order valence-electron chi connectivity index (χ3n) is 5.71. The van der Waals surface area contributed by atoms with Gasteiger partial charge in [0.2, 0.25) is 0 Å². The zero-order valence-electron chi connectivity index (χ0n) is 15.2. The molecule has 126 valence electrons. The molecule has 1 heterocycles. The highest BCUT2D eigenvalue weighted by molar-refractivity contribution is 5.74. The molecule has 0 radical (unpaired) electrons. The minimum atomic E-state index is 0.205. The molecule has 0 amide bonds. The van der Waals surface area contributed by atoms with Crippen molar-refractivity contribution in [1.29, 1.82) is 0 Å². The molecule has 2 atom stereocenters. The van der Waals surface area contributed by atoms with Crippen molar-refractivity contribution in [2.24, 2.45) is 0 Å². The first kappa shape index (κ1) is 15.6. The second kappa shape index (κ2) is 5.54. The molecule has 0 aromatic heterocycles. The summed E-state index contributed by atoms with van der Waals surface area (Å²) in [4.78, 5) is 2.57. The van der Waals surface area contributed by atoms with Crippen molar-refractivity contribution < 1.29 is 4.74 Å². The molecule has 2 aliphatic rings. The summed E-state index contributed by atoms with van der Waals surface area (Å²) in [6.07, 6.45) is 3.94. The minimum Gasteiger partial charge on any atom is -0.497 e. The molecule has 1 fully saturated rings. The number of methoxy groups -OCH3 is 1. The van der Waals surface area contributed by atoms with Crippen LogP contribution >= 0.6 is 0 Å². The molecule has 2 heteroatoms. The van der Waals surface area contributed by atoms with E-state index in [0.29, 0.717) is 12.0 Å². The second-order valence-electron chi connectivity index (χ2n) is 8.20. The molecule has 2 unspecified atom stereocenters. The first-order valence-electron chi connectivity index (χ1n) is 9.07. The lowest BCUT2D eigenvalue weighted by atomic mass is 9.84. The van der Waals surface area contributed by atoms with Crippen LogP contribution in [0.1, 0.15) is 57.1 Å². The van der Waals surface area contributed by atoms with Crippen LogP contribution in [0.4, 0.5) is 11.4 Å². The lowest BCUT2D eigenvalue weighted by Crippen LogP contribution is -2.26. The summed E-state index contributed by atoms with van der Waals surface area (Å²) in [6, 6.07) is 16.3. The fourth-order valence-corrected chi connectivity index (χ4v) is 4.40. The van der Waals surface area contributed by atoms with Crippen molar-refractivity contribution in [2.45, 2.75) is 57.4 Å². The maximum Gasteiger partial charge on any atom is 0.119 e. The number of hydrogen-bond donors (Lipinski definition) is 0. The summed E-state index contributed by atoms with van der Waals surface area (Å²) in [6.45, 7) is 6.91. The van der Waals surface area contributed by atoms with Crippen LogP contribution in [0.3, 0.4) is 0 Å². The number of benzene rings is 2. The van der Waals surface area contributed by atoms with Crippen LogP contribution in [0.5, 0.6) is 5.75 Å². The zero-order chi connectivity index (χ0) is 16.9. The Balaban J connectivity index is 1.79. The third kappa shape index (κ3) is 2.40. The molecule has 0 bridgehead atoms. The Labute approximate surface area is 145 Å². The van der Waals surface area contributed by atoms with E-state index in [2.05, 4.69) is 68.1 Å². The van der Waals surface area contributed by atoms with E-state index in [1.165, 1.54) is 36.2 Å². The van der Waals surface area contributed by atoms with Gasteiger partial charge in [0.15, 0.2) is 0 Å². The van der Waals surface area contributed by atoms with Gasteiger partial charge >= 0.3 is 0 Å². The van der Waals surface area contributed by atoms with Gasteiger partial charge in [-0.05, 0) is 59.7 Å². The molecular weight excluding hydrogens is 294 g/mol. The Hall–Kier alpha value is -1.96. The van der Waals surface area contributed by atoms with E-state index >= 15 is 0 Å². The van der Waals surface area contributed by atoms with Crippen LogP contribution in [-0.4, -0.2) is 13.2 Å². The molecule has 2 nitrogen and oxygen atoms in total. The minimum absolute atomic E-state index is 0.205. The fourth-order valence-electron chi connectivity index (χ4n) is 4.40. The van der Waals surface area contributed by atoms with Gasteiger partial charge in [0.05, 0.1) is 7.11 Å². The van der Waals surface area contributed by atoms with Gasteiger partial charge in [-0.1, -0.05) is 39.3 Å². The predicted molar refractivity (Wildman–Crippen MR) is 101 cm³/mol. The highest BCUT2D eigenvalue weighted by atomic mass is 16.5. The van der Waals surface area contributed by atoms with Crippen LogP contribution < -0.4 is 9.64 Å². The summed E-state index contributed by atoms with van der Waals surface area (Å²) in [5.74, 6) is 1.61. The summed E-state index contributed by atoms with van der Waals surface area (Å²) in [7, 11) is 1.72. The van der Waals surface area contributed by atoms with Crippen molar-refractivity contribution in [3.8, 4) is 5.75 Å². The lowest BCUT2D eigenvalue weighted by molar-refractivity contribution is 0.415. The molecule has 4 rings (SSSR count). The first-order chi connectivity index (χ1) is 11.5. The smallest absolute Gasteiger partial charge is 0.119 e. The Morgan fingerprint density at radius 1 is 1.00 bits per heavy atom. The molecular formula is C22H27NO. The molecule has 2 aromatic carbocycles. The van der Waals surface area contributed by atoms with Gasteiger partial charge in [0, 0.05) is 23.3 Å². The molecule has 1 aliphatic heterocycles. The van der Waals surface area contributed by atoms with Gasteiger partial charge in [-0.25, -0.2) is 0 Å². The Kier molecular flexibility index (Phi) is 3.59. The summed E-state index contributed by atoms with van der Waals surface area (Å²) < 4.78 is 5.32. The monoisotopic (exact) mass is 321 g/mol. The largest absolute Gasteiger partial charge is 0.497 e. The fraction of sp³-hybridized carbons (Fsp3) is 0.455. The van der Waals surface area contributed by atoms with Crippen molar-refractivity contribution in [2.75, 3.05) is 12.0 Å². The number of fused-ring (bicyclic) bond motifs is 3. The number of rotatable bonds is 2. The van der Waals surface area contributed by atoms with Crippen LogP contribution in [0.2, 0.25) is 0 Å². The zero-order valence-corrected chi connectivity index (χ0v) is 15.2. The van der Waals surface area contributed by atoms with E-state index in [1.54, 1.807) is 12.7 Å². The Bertz CT molecular complexity index is 742. The van der Waals surface area contributed by atoms with Gasteiger partial charge < -0.3 is 9.64 Å². The molecule has 24 heavy (non-hydrogen) atoms. The van der Waals surface area contributed by atoms with Gasteiger partial charge in [-0.2, -0.15) is 0 Å². The number of hydrogen-bond acceptors (Lipinski definition) is 2. The highest BCUT2D eigenvalue weighted by Crippen LogP contribution is 2.53. The van der Waals surface area contributed by atoms with E-state index in [-0.39, 0.29) is 5.41 Å². The number of anilines is 2. The molecule has 0 N–H and O–H groups in total. The van der Waals surface area contributed by atoms with Crippen LogP contribution in [0.15, 0.2) is 42.5 Å².